The lowest BCUT2D eigenvalue weighted by Crippen LogP contribution is -2.53. The van der Waals surface area contributed by atoms with E-state index in [0.29, 0.717) is 13.0 Å². The zero-order chi connectivity index (χ0) is 21.6. The van der Waals surface area contributed by atoms with E-state index in [0.717, 1.165) is 22.3 Å². The quantitative estimate of drug-likeness (QED) is 0.662. The minimum absolute atomic E-state index is 0.159. The molecule has 0 spiro atoms. The lowest BCUT2D eigenvalue weighted by Gasteiger charge is -2.35. The molecule has 4 rings (SSSR count). The van der Waals surface area contributed by atoms with Gasteiger partial charge in [-0.25, -0.2) is 4.79 Å². The second-order valence-electron chi connectivity index (χ2n) is 7.80. The molecule has 1 aliphatic heterocycles. The van der Waals surface area contributed by atoms with Gasteiger partial charge >= 0.3 is 6.09 Å². The summed E-state index contributed by atoms with van der Waals surface area (Å²) >= 11 is 0. The van der Waals surface area contributed by atoms with Gasteiger partial charge < -0.3 is 10.1 Å². The molecule has 0 fully saturated rings. The van der Waals surface area contributed by atoms with Crippen molar-refractivity contribution in [1.82, 2.24) is 10.2 Å². The van der Waals surface area contributed by atoms with E-state index in [-0.39, 0.29) is 18.6 Å². The average molecular weight is 415 g/mol. The Balaban J connectivity index is 1.51. The lowest BCUT2D eigenvalue weighted by molar-refractivity contribution is -0.127. The number of nitrogens with zero attached hydrogens (tertiary/aromatic N) is 1. The molecule has 5 heteroatoms. The van der Waals surface area contributed by atoms with Gasteiger partial charge in [0.15, 0.2) is 0 Å². The van der Waals surface area contributed by atoms with Crippen LogP contribution in [0.3, 0.4) is 0 Å². The third kappa shape index (κ3) is 4.94. The van der Waals surface area contributed by atoms with E-state index in [1.54, 1.807) is 4.90 Å². The first-order valence-corrected chi connectivity index (χ1v) is 10.5. The molecule has 0 aromatic heterocycles. The van der Waals surface area contributed by atoms with Crippen molar-refractivity contribution in [2.75, 3.05) is 0 Å². The SMILES string of the molecule is C[C@H](NC(=O)[C@@H]1Cc2ccccc2CN1C(=O)OCc1ccccc1)c1ccccc1. The van der Waals surface area contributed by atoms with Gasteiger partial charge in [-0.3, -0.25) is 9.69 Å². The Morgan fingerprint density at radius 1 is 0.935 bits per heavy atom. The molecule has 5 nitrogen and oxygen atoms in total. The van der Waals surface area contributed by atoms with Crippen molar-refractivity contribution in [3.8, 4) is 0 Å². The number of fused-ring (bicyclic) bond motifs is 1. The third-order valence-electron chi connectivity index (χ3n) is 5.65. The molecular weight excluding hydrogens is 388 g/mol. The first-order chi connectivity index (χ1) is 15.1. The summed E-state index contributed by atoms with van der Waals surface area (Å²) in [6, 6.07) is 26.5. The highest BCUT2D eigenvalue weighted by Gasteiger charge is 2.36. The summed E-state index contributed by atoms with van der Waals surface area (Å²) in [4.78, 5) is 27.7. The van der Waals surface area contributed by atoms with E-state index in [1.165, 1.54) is 0 Å². The molecule has 158 valence electrons. The molecule has 1 heterocycles. The van der Waals surface area contributed by atoms with E-state index in [2.05, 4.69) is 5.32 Å². The summed E-state index contributed by atoms with van der Waals surface area (Å²) in [7, 11) is 0. The van der Waals surface area contributed by atoms with E-state index >= 15 is 0 Å². The second kappa shape index (κ2) is 9.47. The molecule has 0 bridgehead atoms. The zero-order valence-electron chi connectivity index (χ0n) is 17.5. The Morgan fingerprint density at radius 2 is 1.55 bits per heavy atom. The van der Waals surface area contributed by atoms with E-state index in [4.69, 9.17) is 4.74 Å². The number of hydrogen-bond acceptors (Lipinski definition) is 3. The Morgan fingerprint density at radius 3 is 2.26 bits per heavy atom. The number of hydrogen-bond donors (Lipinski definition) is 1. The molecule has 31 heavy (non-hydrogen) atoms. The number of rotatable bonds is 5. The van der Waals surface area contributed by atoms with Gasteiger partial charge in [0.2, 0.25) is 5.91 Å². The van der Waals surface area contributed by atoms with Crippen LogP contribution in [0, 0.1) is 0 Å². The molecular formula is C26H26N2O3. The van der Waals surface area contributed by atoms with Crippen molar-refractivity contribution in [3.05, 3.63) is 107 Å². The maximum Gasteiger partial charge on any atom is 0.411 e. The van der Waals surface area contributed by atoms with Crippen LogP contribution in [0.4, 0.5) is 4.79 Å². The predicted molar refractivity (Wildman–Crippen MR) is 119 cm³/mol. The van der Waals surface area contributed by atoms with Gasteiger partial charge in [-0.05, 0) is 29.2 Å². The standard InChI is InChI=1S/C26H26N2O3/c1-19(21-12-6-3-7-13-21)27-25(29)24-16-22-14-8-9-15-23(22)17-28(24)26(30)31-18-20-10-4-2-5-11-20/h2-15,19,24H,16-18H2,1H3,(H,27,29)/t19-,24-/m0/s1. The fourth-order valence-electron chi connectivity index (χ4n) is 3.89. The number of ether oxygens (including phenoxy) is 1. The smallest absolute Gasteiger partial charge is 0.411 e. The highest BCUT2D eigenvalue weighted by molar-refractivity contribution is 5.86. The van der Waals surface area contributed by atoms with Gasteiger partial charge in [-0.2, -0.15) is 0 Å². The summed E-state index contributed by atoms with van der Waals surface area (Å²) in [6.45, 7) is 2.47. The van der Waals surface area contributed by atoms with Crippen molar-refractivity contribution < 1.29 is 14.3 Å². The molecule has 1 aliphatic rings. The van der Waals surface area contributed by atoms with Crippen molar-refractivity contribution in [2.24, 2.45) is 0 Å². The van der Waals surface area contributed by atoms with Gasteiger partial charge in [-0.15, -0.1) is 0 Å². The topological polar surface area (TPSA) is 58.6 Å². The zero-order valence-corrected chi connectivity index (χ0v) is 17.5. The van der Waals surface area contributed by atoms with Crippen LogP contribution in [0.1, 0.15) is 35.2 Å². The summed E-state index contributed by atoms with van der Waals surface area (Å²) < 4.78 is 5.56. The Labute approximate surface area is 182 Å². The van der Waals surface area contributed by atoms with Gasteiger partial charge in [0, 0.05) is 6.42 Å². The van der Waals surface area contributed by atoms with Crippen LogP contribution in [0.2, 0.25) is 0 Å². The highest BCUT2D eigenvalue weighted by Crippen LogP contribution is 2.25. The molecule has 3 aromatic carbocycles. The normalized spacial score (nSPS) is 16.2. The van der Waals surface area contributed by atoms with Crippen LogP contribution in [0.25, 0.3) is 0 Å². The van der Waals surface area contributed by atoms with E-state index in [1.807, 2.05) is 91.9 Å². The number of nitrogens with one attached hydrogen (secondary N) is 1. The summed E-state index contributed by atoms with van der Waals surface area (Å²) in [6.07, 6.45) is -0.0184. The molecule has 1 N–H and O–H groups in total. The van der Waals surface area contributed by atoms with Crippen LogP contribution in [0.5, 0.6) is 0 Å². The Bertz CT molecular complexity index is 1040. The first kappa shape index (κ1) is 20.7. The van der Waals surface area contributed by atoms with Crippen LogP contribution in [-0.2, 0) is 29.1 Å². The molecule has 2 atom stereocenters. The monoisotopic (exact) mass is 414 g/mol. The summed E-state index contributed by atoms with van der Waals surface area (Å²) in [5, 5.41) is 3.07. The van der Waals surface area contributed by atoms with Gasteiger partial charge in [0.1, 0.15) is 12.6 Å². The molecule has 0 unspecified atom stereocenters. The van der Waals surface area contributed by atoms with E-state index < -0.39 is 12.1 Å². The van der Waals surface area contributed by atoms with Crippen LogP contribution in [0.15, 0.2) is 84.9 Å². The molecule has 3 aromatic rings. The highest BCUT2D eigenvalue weighted by atomic mass is 16.6. The number of carbonyl (C=O) groups is 2. The first-order valence-electron chi connectivity index (χ1n) is 10.5. The summed E-state index contributed by atoms with van der Waals surface area (Å²) in [5.41, 5.74) is 4.05. The van der Waals surface area contributed by atoms with Crippen molar-refractivity contribution >= 4 is 12.0 Å². The van der Waals surface area contributed by atoms with Crippen molar-refractivity contribution in [2.45, 2.75) is 38.6 Å². The largest absolute Gasteiger partial charge is 0.445 e. The maximum absolute atomic E-state index is 13.2. The predicted octanol–water partition coefficient (Wildman–Crippen LogP) is 4.63. The molecule has 0 saturated carbocycles. The Hall–Kier alpha value is -3.60. The van der Waals surface area contributed by atoms with Gasteiger partial charge in [0.25, 0.3) is 0 Å². The van der Waals surface area contributed by atoms with Crippen LogP contribution < -0.4 is 5.32 Å². The third-order valence-corrected chi connectivity index (χ3v) is 5.65. The Kier molecular flexibility index (Phi) is 6.32. The van der Waals surface area contributed by atoms with Crippen LogP contribution in [-0.4, -0.2) is 22.9 Å². The number of amides is 2. The molecule has 0 saturated heterocycles. The molecule has 2 amide bonds. The molecule has 0 aliphatic carbocycles. The second-order valence-corrected chi connectivity index (χ2v) is 7.80. The number of carbonyl (C=O) groups excluding carboxylic acids is 2. The average Bonchev–Trinajstić information content (AvgIpc) is 2.82. The lowest BCUT2D eigenvalue weighted by atomic mass is 9.93. The van der Waals surface area contributed by atoms with Crippen molar-refractivity contribution in [1.29, 1.82) is 0 Å². The minimum atomic E-state index is -0.621. The van der Waals surface area contributed by atoms with E-state index in [9.17, 15) is 9.59 Å². The van der Waals surface area contributed by atoms with Gasteiger partial charge in [0.05, 0.1) is 12.6 Å². The summed E-state index contributed by atoms with van der Waals surface area (Å²) in [5.74, 6) is -0.178. The minimum Gasteiger partial charge on any atom is -0.445 e. The van der Waals surface area contributed by atoms with Crippen molar-refractivity contribution in [3.63, 3.8) is 0 Å². The molecule has 0 radical (unpaired) electrons. The fourth-order valence-corrected chi connectivity index (χ4v) is 3.89. The van der Waals surface area contributed by atoms with Crippen LogP contribution >= 0.6 is 0 Å². The van der Waals surface area contributed by atoms with Gasteiger partial charge in [-0.1, -0.05) is 84.9 Å². The number of benzene rings is 3. The maximum atomic E-state index is 13.2. The fraction of sp³-hybridized carbons (Fsp3) is 0.231.